The second kappa shape index (κ2) is 6.99. The summed E-state index contributed by atoms with van der Waals surface area (Å²) in [5, 5.41) is 7.83. The lowest BCUT2D eigenvalue weighted by Crippen LogP contribution is -2.32. The van der Waals surface area contributed by atoms with Crippen LogP contribution in [0.1, 0.15) is 38.3 Å². The summed E-state index contributed by atoms with van der Waals surface area (Å²) >= 11 is 1.74. The predicted molar refractivity (Wildman–Crippen MR) is 66.4 cm³/mol. The minimum absolute atomic E-state index is 0.282. The van der Waals surface area contributed by atoms with E-state index in [4.69, 9.17) is 4.74 Å². The standard InChI is InChI=1S/C12H21NOS/c1-4-6-11(14-3)12(13-5-2)10-7-8-15-9-10/h7-9,11-13H,4-6H2,1-3H3. The highest BCUT2D eigenvalue weighted by Crippen LogP contribution is 2.24. The Morgan fingerprint density at radius 1 is 1.47 bits per heavy atom. The van der Waals surface area contributed by atoms with Gasteiger partial charge in [-0.1, -0.05) is 20.3 Å². The number of ether oxygens (including phenoxy) is 1. The Hall–Kier alpha value is -0.380. The van der Waals surface area contributed by atoms with Gasteiger partial charge in [0.25, 0.3) is 0 Å². The SMILES string of the molecule is CCCC(OC)C(NCC)c1ccsc1. The molecule has 86 valence electrons. The van der Waals surface area contributed by atoms with Crippen LogP contribution in [0.3, 0.4) is 0 Å². The fraction of sp³-hybridized carbons (Fsp3) is 0.667. The molecule has 2 atom stereocenters. The average molecular weight is 227 g/mol. The quantitative estimate of drug-likeness (QED) is 0.772. The van der Waals surface area contributed by atoms with E-state index in [1.165, 1.54) is 5.56 Å². The molecule has 0 aliphatic rings. The zero-order chi connectivity index (χ0) is 11.1. The molecule has 3 heteroatoms. The van der Waals surface area contributed by atoms with Crippen LogP contribution in [0, 0.1) is 0 Å². The molecule has 0 saturated heterocycles. The third-order valence-electron chi connectivity index (χ3n) is 2.57. The maximum absolute atomic E-state index is 5.57. The minimum atomic E-state index is 0.282. The number of thiophene rings is 1. The highest BCUT2D eigenvalue weighted by Gasteiger charge is 2.21. The fourth-order valence-electron chi connectivity index (χ4n) is 1.84. The number of likely N-dealkylation sites (N-methyl/N-ethyl adjacent to an activating group) is 1. The van der Waals surface area contributed by atoms with Crippen molar-refractivity contribution in [3.63, 3.8) is 0 Å². The van der Waals surface area contributed by atoms with Gasteiger partial charge < -0.3 is 10.1 Å². The molecule has 0 bridgehead atoms. The van der Waals surface area contributed by atoms with Gasteiger partial charge in [-0.05, 0) is 35.4 Å². The van der Waals surface area contributed by atoms with E-state index in [-0.39, 0.29) is 6.10 Å². The van der Waals surface area contributed by atoms with E-state index < -0.39 is 0 Å². The van der Waals surface area contributed by atoms with E-state index >= 15 is 0 Å². The highest BCUT2D eigenvalue weighted by atomic mass is 32.1. The monoisotopic (exact) mass is 227 g/mol. The van der Waals surface area contributed by atoms with Gasteiger partial charge in [-0.15, -0.1) is 0 Å². The van der Waals surface area contributed by atoms with Crippen LogP contribution >= 0.6 is 11.3 Å². The molecule has 2 nitrogen and oxygen atoms in total. The molecule has 0 aliphatic heterocycles. The van der Waals surface area contributed by atoms with Crippen molar-refractivity contribution in [2.24, 2.45) is 0 Å². The van der Waals surface area contributed by atoms with Crippen molar-refractivity contribution in [3.05, 3.63) is 22.4 Å². The molecule has 1 N–H and O–H groups in total. The van der Waals surface area contributed by atoms with Crippen molar-refractivity contribution >= 4 is 11.3 Å². The van der Waals surface area contributed by atoms with Crippen molar-refractivity contribution in [2.75, 3.05) is 13.7 Å². The van der Waals surface area contributed by atoms with Crippen molar-refractivity contribution in [1.29, 1.82) is 0 Å². The molecule has 15 heavy (non-hydrogen) atoms. The minimum Gasteiger partial charge on any atom is -0.379 e. The van der Waals surface area contributed by atoms with Gasteiger partial charge in [-0.25, -0.2) is 0 Å². The smallest absolute Gasteiger partial charge is 0.0766 e. The van der Waals surface area contributed by atoms with E-state index in [0.29, 0.717) is 6.04 Å². The number of methoxy groups -OCH3 is 1. The summed E-state index contributed by atoms with van der Waals surface area (Å²) in [6.07, 6.45) is 2.54. The first-order valence-corrected chi connectivity index (χ1v) is 6.56. The highest BCUT2D eigenvalue weighted by molar-refractivity contribution is 7.07. The van der Waals surface area contributed by atoms with E-state index in [1.54, 1.807) is 18.4 Å². The molecule has 0 aromatic carbocycles. The Kier molecular flexibility index (Phi) is 5.91. The zero-order valence-electron chi connectivity index (χ0n) is 9.82. The molecular weight excluding hydrogens is 206 g/mol. The summed E-state index contributed by atoms with van der Waals surface area (Å²) in [4.78, 5) is 0. The van der Waals surface area contributed by atoms with Crippen LogP contribution in [0.4, 0.5) is 0 Å². The topological polar surface area (TPSA) is 21.3 Å². The van der Waals surface area contributed by atoms with Crippen molar-refractivity contribution in [3.8, 4) is 0 Å². The molecule has 2 unspecified atom stereocenters. The Balaban J connectivity index is 2.71. The van der Waals surface area contributed by atoms with Gasteiger partial charge in [0.1, 0.15) is 0 Å². The third kappa shape index (κ3) is 3.59. The molecule has 0 saturated carbocycles. The Morgan fingerprint density at radius 2 is 2.27 bits per heavy atom. The van der Waals surface area contributed by atoms with E-state index in [9.17, 15) is 0 Å². The first-order valence-electron chi connectivity index (χ1n) is 5.61. The Morgan fingerprint density at radius 3 is 2.73 bits per heavy atom. The lowest BCUT2D eigenvalue weighted by atomic mass is 10.0. The second-order valence-electron chi connectivity index (χ2n) is 3.65. The predicted octanol–water partition coefficient (Wildman–Crippen LogP) is 3.21. The molecule has 1 aromatic rings. The van der Waals surface area contributed by atoms with Gasteiger partial charge in [0.05, 0.1) is 12.1 Å². The molecule has 1 aromatic heterocycles. The lowest BCUT2D eigenvalue weighted by molar-refractivity contribution is 0.0612. The van der Waals surface area contributed by atoms with Gasteiger partial charge in [0, 0.05) is 7.11 Å². The largest absolute Gasteiger partial charge is 0.379 e. The lowest BCUT2D eigenvalue weighted by Gasteiger charge is -2.26. The third-order valence-corrected chi connectivity index (χ3v) is 3.28. The van der Waals surface area contributed by atoms with Crippen LogP contribution in [0.5, 0.6) is 0 Å². The summed E-state index contributed by atoms with van der Waals surface area (Å²) in [6, 6.07) is 2.52. The van der Waals surface area contributed by atoms with E-state index in [2.05, 4.69) is 36.0 Å². The average Bonchev–Trinajstić information content (AvgIpc) is 2.76. The Bertz CT molecular complexity index is 248. The molecule has 0 fully saturated rings. The Labute approximate surface area is 96.7 Å². The van der Waals surface area contributed by atoms with Crippen LogP contribution in [0.25, 0.3) is 0 Å². The molecule has 0 radical (unpaired) electrons. The normalized spacial score (nSPS) is 15.1. The summed E-state index contributed by atoms with van der Waals surface area (Å²) in [5.74, 6) is 0. The van der Waals surface area contributed by atoms with Crippen LogP contribution in [-0.2, 0) is 4.74 Å². The van der Waals surface area contributed by atoms with Crippen LogP contribution in [-0.4, -0.2) is 19.8 Å². The van der Waals surface area contributed by atoms with Crippen LogP contribution < -0.4 is 5.32 Å². The van der Waals surface area contributed by atoms with Crippen LogP contribution in [0.15, 0.2) is 16.8 Å². The van der Waals surface area contributed by atoms with Gasteiger partial charge in [-0.2, -0.15) is 11.3 Å². The first kappa shape index (κ1) is 12.7. The number of nitrogens with one attached hydrogen (secondary N) is 1. The van der Waals surface area contributed by atoms with Gasteiger partial charge in [0.2, 0.25) is 0 Å². The number of rotatable bonds is 7. The first-order chi connectivity index (χ1) is 7.33. The van der Waals surface area contributed by atoms with Crippen molar-refractivity contribution in [1.82, 2.24) is 5.32 Å². The molecule has 0 amide bonds. The van der Waals surface area contributed by atoms with E-state index in [0.717, 1.165) is 19.4 Å². The summed E-state index contributed by atoms with van der Waals surface area (Å²) < 4.78 is 5.57. The zero-order valence-corrected chi connectivity index (χ0v) is 10.6. The maximum atomic E-state index is 5.57. The summed E-state index contributed by atoms with van der Waals surface area (Å²) in [5.41, 5.74) is 1.35. The van der Waals surface area contributed by atoms with Crippen molar-refractivity contribution < 1.29 is 4.74 Å². The van der Waals surface area contributed by atoms with Gasteiger partial charge in [0.15, 0.2) is 0 Å². The summed E-state index contributed by atoms with van der Waals surface area (Å²) in [7, 11) is 1.80. The van der Waals surface area contributed by atoms with Crippen molar-refractivity contribution in [2.45, 2.75) is 38.8 Å². The van der Waals surface area contributed by atoms with E-state index in [1.807, 2.05) is 0 Å². The number of hydrogen-bond acceptors (Lipinski definition) is 3. The molecule has 0 spiro atoms. The second-order valence-corrected chi connectivity index (χ2v) is 4.43. The fourth-order valence-corrected chi connectivity index (χ4v) is 2.54. The van der Waals surface area contributed by atoms with Crippen LogP contribution in [0.2, 0.25) is 0 Å². The maximum Gasteiger partial charge on any atom is 0.0766 e. The summed E-state index contributed by atoms with van der Waals surface area (Å²) in [6.45, 7) is 5.31. The molecule has 1 rings (SSSR count). The van der Waals surface area contributed by atoms with Gasteiger partial charge in [-0.3, -0.25) is 0 Å². The molecule has 0 aliphatic carbocycles. The van der Waals surface area contributed by atoms with Gasteiger partial charge >= 0.3 is 0 Å². The number of hydrogen-bond donors (Lipinski definition) is 1. The molecule has 1 heterocycles. The molecular formula is C12H21NOS.